The van der Waals surface area contributed by atoms with Gasteiger partial charge in [-0.3, -0.25) is 0 Å². The Morgan fingerprint density at radius 1 is 0.857 bits per heavy atom. The fourth-order valence-electron chi connectivity index (χ4n) is 3.55. The summed E-state index contributed by atoms with van der Waals surface area (Å²) in [6.07, 6.45) is 5.93. The van der Waals surface area contributed by atoms with Gasteiger partial charge in [-0.25, -0.2) is 9.00 Å². The number of unbranched alkanes of at least 4 members (excludes halogenated alkanes) is 3. The van der Waals surface area contributed by atoms with Crippen LogP contribution in [-0.4, -0.2) is 24.9 Å². The summed E-state index contributed by atoms with van der Waals surface area (Å²) in [7, 11) is -7.41. The summed E-state index contributed by atoms with van der Waals surface area (Å²) in [5.41, 5.74) is 2.03. The summed E-state index contributed by atoms with van der Waals surface area (Å²) < 4.78 is 48.6. The third-order valence-electron chi connectivity index (χ3n) is 5.54. The molecule has 0 saturated carbocycles. The Morgan fingerprint density at radius 2 is 1.51 bits per heavy atom. The second-order valence-corrected chi connectivity index (χ2v) is 12.6. The smallest absolute Gasteiger partial charge is 0.343 e. The molecule has 0 aromatic heterocycles. The highest BCUT2D eigenvalue weighted by atomic mass is 32.3. The number of rotatable bonds is 10. The Morgan fingerprint density at radius 3 is 2.17 bits per heavy atom. The lowest BCUT2D eigenvalue weighted by atomic mass is 10.1. The van der Waals surface area contributed by atoms with Gasteiger partial charge in [0.05, 0.1) is 20.2 Å². The number of hydrogen-bond donors (Lipinski definition) is 0. The molecular formula is C27H31NO5S2. The Kier molecular flexibility index (Phi) is 8.86. The minimum absolute atomic E-state index is 0.00845. The third-order valence-corrected chi connectivity index (χ3v) is 9.46. The zero-order chi connectivity index (χ0) is 25.5. The van der Waals surface area contributed by atoms with Crippen molar-refractivity contribution >= 4 is 25.7 Å². The van der Waals surface area contributed by atoms with Crippen molar-refractivity contribution in [1.29, 1.82) is 0 Å². The van der Waals surface area contributed by atoms with E-state index in [1.807, 2.05) is 13.0 Å². The van der Waals surface area contributed by atoms with Crippen molar-refractivity contribution in [3.63, 3.8) is 0 Å². The van der Waals surface area contributed by atoms with Crippen LogP contribution >= 0.6 is 0 Å². The lowest BCUT2D eigenvalue weighted by Crippen LogP contribution is -2.11. The molecule has 3 aromatic carbocycles. The van der Waals surface area contributed by atoms with Crippen LogP contribution in [0.5, 0.6) is 5.75 Å². The molecule has 0 spiro atoms. The molecule has 0 aliphatic rings. The van der Waals surface area contributed by atoms with Crippen molar-refractivity contribution in [2.75, 3.05) is 6.26 Å². The highest BCUT2D eigenvalue weighted by Crippen LogP contribution is 2.28. The van der Waals surface area contributed by atoms with E-state index < -0.39 is 25.7 Å². The molecule has 0 bridgehead atoms. The molecule has 3 aromatic rings. The first-order valence-corrected chi connectivity index (χ1v) is 14.9. The quantitative estimate of drug-likeness (QED) is 0.183. The average molecular weight is 514 g/mol. The first-order chi connectivity index (χ1) is 16.6. The Labute approximate surface area is 208 Å². The van der Waals surface area contributed by atoms with Crippen LogP contribution in [0.1, 0.15) is 54.1 Å². The van der Waals surface area contributed by atoms with Gasteiger partial charge in [0, 0.05) is 11.2 Å². The van der Waals surface area contributed by atoms with Crippen LogP contribution in [0.2, 0.25) is 0 Å². The summed E-state index contributed by atoms with van der Waals surface area (Å²) >= 11 is 0. The van der Waals surface area contributed by atoms with Gasteiger partial charge in [0.25, 0.3) is 10.0 Å². The molecular weight excluding hydrogens is 482 g/mol. The summed E-state index contributed by atoms with van der Waals surface area (Å²) in [6, 6.07) is 19.7. The van der Waals surface area contributed by atoms with E-state index in [1.165, 1.54) is 24.5 Å². The molecule has 3 rings (SSSR count). The van der Waals surface area contributed by atoms with Crippen LogP contribution in [0.4, 0.5) is 0 Å². The molecule has 0 fully saturated rings. The van der Waals surface area contributed by atoms with Crippen LogP contribution in [0.15, 0.2) is 86.4 Å². The molecule has 186 valence electrons. The lowest BCUT2D eigenvalue weighted by Gasteiger charge is -2.13. The van der Waals surface area contributed by atoms with E-state index in [2.05, 4.69) is 10.7 Å². The van der Waals surface area contributed by atoms with Crippen molar-refractivity contribution in [2.45, 2.75) is 55.7 Å². The fourth-order valence-corrected chi connectivity index (χ4v) is 6.89. The predicted octanol–water partition coefficient (Wildman–Crippen LogP) is 6.18. The van der Waals surface area contributed by atoms with Gasteiger partial charge < -0.3 is 4.74 Å². The first kappa shape index (κ1) is 26.6. The zero-order valence-electron chi connectivity index (χ0n) is 20.3. The molecule has 8 heteroatoms. The number of hydrogen-bond acceptors (Lipinski definition) is 5. The number of nitrogens with zero attached hydrogens (tertiary/aromatic N) is 1. The van der Waals surface area contributed by atoms with Gasteiger partial charge in [0.15, 0.2) is 0 Å². The average Bonchev–Trinajstić information content (AvgIpc) is 2.82. The number of sulfonamides is 1. The van der Waals surface area contributed by atoms with Crippen LogP contribution in [0.3, 0.4) is 0 Å². The number of carbonyl (C=O) groups excluding carboxylic acids is 1. The van der Waals surface area contributed by atoms with E-state index in [0.717, 1.165) is 31.2 Å². The summed E-state index contributed by atoms with van der Waals surface area (Å²) in [6.45, 7) is 3.97. The number of carbonyl (C=O) groups is 1. The fraction of sp³-hybridized carbons (Fsp3) is 0.296. The number of benzene rings is 3. The lowest BCUT2D eigenvalue weighted by molar-refractivity contribution is 0.0733. The van der Waals surface area contributed by atoms with Crippen molar-refractivity contribution in [2.24, 2.45) is 3.77 Å². The van der Waals surface area contributed by atoms with Crippen LogP contribution in [-0.2, 0) is 26.2 Å². The Balaban J connectivity index is 1.96. The number of ether oxygens (including phenoxy) is 1. The van der Waals surface area contributed by atoms with Gasteiger partial charge in [-0.1, -0.05) is 62.1 Å². The molecule has 1 unspecified atom stereocenters. The molecule has 0 radical (unpaired) electrons. The Hall–Kier alpha value is -2.97. The molecule has 0 saturated heterocycles. The second kappa shape index (κ2) is 11.6. The summed E-state index contributed by atoms with van der Waals surface area (Å²) in [4.78, 5) is 12.9. The van der Waals surface area contributed by atoms with Crippen molar-refractivity contribution < 1.29 is 22.2 Å². The van der Waals surface area contributed by atoms with Crippen molar-refractivity contribution in [3.05, 3.63) is 89.5 Å². The van der Waals surface area contributed by atoms with E-state index in [0.29, 0.717) is 23.3 Å². The minimum atomic E-state index is -4.12. The van der Waals surface area contributed by atoms with E-state index >= 15 is 0 Å². The molecule has 35 heavy (non-hydrogen) atoms. The van der Waals surface area contributed by atoms with Gasteiger partial charge in [-0.15, -0.1) is 3.77 Å². The minimum Gasteiger partial charge on any atom is -0.423 e. The number of aryl methyl sites for hydroxylation is 2. The third kappa shape index (κ3) is 7.26. The first-order valence-electron chi connectivity index (χ1n) is 11.6. The van der Waals surface area contributed by atoms with Gasteiger partial charge >= 0.3 is 5.97 Å². The van der Waals surface area contributed by atoms with Crippen LogP contribution < -0.4 is 4.74 Å². The maximum atomic E-state index is 13.5. The second-order valence-electron chi connectivity index (χ2n) is 8.50. The molecule has 0 N–H and O–H groups in total. The molecule has 0 amide bonds. The van der Waals surface area contributed by atoms with Crippen molar-refractivity contribution in [3.8, 4) is 5.75 Å². The van der Waals surface area contributed by atoms with Crippen LogP contribution in [0.25, 0.3) is 0 Å². The molecule has 0 aliphatic heterocycles. The van der Waals surface area contributed by atoms with Gasteiger partial charge in [-0.05, 0) is 67.8 Å². The van der Waals surface area contributed by atoms with Crippen molar-refractivity contribution in [1.82, 2.24) is 0 Å². The topological polar surface area (TPSA) is 89.9 Å². The predicted molar refractivity (Wildman–Crippen MR) is 139 cm³/mol. The molecule has 0 aliphatic carbocycles. The van der Waals surface area contributed by atoms with Crippen LogP contribution in [0, 0.1) is 6.92 Å². The standard InChI is InChI=1S/C27H31NO5S2/c1-4-5-6-8-13-23-20-25(18-19-26(23)33-27(29)22-11-9-7-10-12-22)34(3,30)28-35(31,32)24-16-14-21(2)15-17-24/h7,9-12,14-20H,4-6,8,13H2,1-3H3. The molecule has 6 nitrogen and oxygen atoms in total. The van der Waals surface area contributed by atoms with Gasteiger partial charge in [-0.2, -0.15) is 8.42 Å². The van der Waals surface area contributed by atoms with E-state index in [-0.39, 0.29) is 9.79 Å². The highest BCUT2D eigenvalue weighted by Gasteiger charge is 2.19. The SMILES string of the molecule is CCCCCCc1cc(S(C)(=O)=NS(=O)(=O)c2ccc(C)cc2)ccc1OC(=O)c1ccccc1. The van der Waals surface area contributed by atoms with Gasteiger partial charge in [0.2, 0.25) is 0 Å². The van der Waals surface area contributed by atoms with Gasteiger partial charge in [0.1, 0.15) is 5.75 Å². The largest absolute Gasteiger partial charge is 0.423 e. The summed E-state index contributed by atoms with van der Waals surface area (Å²) in [5.74, 6) is -0.118. The normalized spacial score (nSPS) is 13.1. The van der Waals surface area contributed by atoms with E-state index in [4.69, 9.17) is 4.74 Å². The number of esters is 1. The maximum Gasteiger partial charge on any atom is 0.343 e. The Bertz CT molecular complexity index is 1390. The highest BCUT2D eigenvalue weighted by molar-refractivity contribution is 8.03. The maximum absolute atomic E-state index is 13.5. The zero-order valence-corrected chi connectivity index (χ0v) is 21.9. The monoisotopic (exact) mass is 513 g/mol. The molecule has 0 heterocycles. The molecule has 1 atom stereocenters. The summed E-state index contributed by atoms with van der Waals surface area (Å²) in [5, 5.41) is 0. The van der Waals surface area contributed by atoms with E-state index in [1.54, 1.807) is 48.5 Å². The van der Waals surface area contributed by atoms with E-state index in [9.17, 15) is 17.4 Å².